The van der Waals surface area contributed by atoms with E-state index in [0.717, 1.165) is 72.1 Å². The summed E-state index contributed by atoms with van der Waals surface area (Å²) in [5.74, 6) is 0. The first kappa shape index (κ1) is 27.5. The molecule has 0 saturated heterocycles. The molecule has 10 rings (SSSR count). The summed E-state index contributed by atoms with van der Waals surface area (Å²) in [5, 5.41) is 6.89. The zero-order valence-corrected chi connectivity index (χ0v) is 26.5. The number of nitrogens with zero attached hydrogens (tertiary/aromatic N) is 1. The maximum atomic E-state index is 6.27. The highest BCUT2D eigenvalue weighted by atomic mass is 16.3. The summed E-state index contributed by atoms with van der Waals surface area (Å²) in [6.45, 7) is 0. The van der Waals surface area contributed by atoms with Gasteiger partial charge in [0.05, 0.1) is 0 Å². The van der Waals surface area contributed by atoms with E-state index in [9.17, 15) is 0 Å². The largest absolute Gasteiger partial charge is 0.456 e. The van der Waals surface area contributed by atoms with E-state index in [1.165, 1.54) is 21.9 Å². The molecular formula is C46H29NO2. The lowest BCUT2D eigenvalue weighted by Gasteiger charge is -2.26. The van der Waals surface area contributed by atoms with Crippen LogP contribution in [0.2, 0.25) is 0 Å². The number of furan rings is 2. The number of benzene rings is 8. The van der Waals surface area contributed by atoms with Gasteiger partial charge in [-0.15, -0.1) is 0 Å². The summed E-state index contributed by atoms with van der Waals surface area (Å²) >= 11 is 0. The van der Waals surface area contributed by atoms with Crippen LogP contribution in [0.15, 0.2) is 185 Å². The second-order valence-corrected chi connectivity index (χ2v) is 12.5. The molecule has 2 aromatic heterocycles. The van der Waals surface area contributed by atoms with Crippen molar-refractivity contribution >= 4 is 71.7 Å². The van der Waals surface area contributed by atoms with Crippen LogP contribution in [0.3, 0.4) is 0 Å². The second kappa shape index (κ2) is 11.0. The van der Waals surface area contributed by atoms with Gasteiger partial charge in [-0.25, -0.2) is 0 Å². The molecule has 2 heterocycles. The monoisotopic (exact) mass is 627 g/mol. The number of anilines is 3. The summed E-state index contributed by atoms with van der Waals surface area (Å²) in [6, 6.07) is 62.1. The van der Waals surface area contributed by atoms with Gasteiger partial charge >= 0.3 is 0 Å². The Kier molecular flexibility index (Phi) is 6.18. The number of hydrogen-bond acceptors (Lipinski definition) is 3. The molecule has 0 spiro atoms. The Hall–Kier alpha value is -6.58. The number of para-hydroxylation sites is 2. The molecule has 0 fully saturated rings. The third-order valence-electron chi connectivity index (χ3n) is 9.67. The van der Waals surface area contributed by atoms with Crippen LogP contribution in [0.5, 0.6) is 0 Å². The molecule has 8 aromatic carbocycles. The zero-order valence-electron chi connectivity index (χ0n) is 26.5. The smallest absolute Gasteiger partial charge is 0.136 e. The molecule has 0 atom stereocenters. The lowest BCUT2D eigenvalue weighted by molar-refractivity contribution is 0.668. The second-order valence-electron chi connectivity index (χ2n) is 12.5. The summed E-state index contributed by atoms with van der Waals surface area (Å²) < 4.78 is 12.5. The van der Waals surface area contributed by atoms with Gasteiger partial charge in [0.15, 0.2) is 0 Å². The van der Waals surface area contributed by atoms with E-state index in [1.807, 2.05) is 30.3 Å². The molecule has 0 aliphatic rings. The van der Waals surface area contributed by atoms with Gasteiger partial charge in [0.1, 0.15) is 22.3 Å². The fraction of sp³-hybridized carbons (Fsp3) is 0. The highest BCUT2D eigenvalue weighted by molar-refractivity contribution is 6.19. The van der Waals surface area contributed by atoms with Gasteiger partial charge in [-0.05, 0) is 93.7 Å². The minimum atomic E-state index is 0.898. The van der Waals surface area contributed by atoms with E-state index < -0.39 is 0 Å². The molecule has 0 bridgehead atoms. The van der Waals surface area contributed by atoms with Crippen molar-refractivity contribution in [3.05, 3.63) is 176 Å². The third-order valence-corrected chi connectivity index (χ3v) is 9.67. The van der Waals surface area contributed by atoms with E-state index in [1.54, 1.807) is 0 Å². The van der Waals surface area contributed by atoms with Crippen molar-refractivity contribution < 1.29 is 8.83 Å². The highest BCUT2D eigenvalue weighted by Crippen LogP contribution is 2.42. The van der Waals surface area contributed by atoms with Crippen molar-refractivity contribution in [1.29, 1.82) is 0 Å². The molecule has 230 valence electrons. The zero-order chi connectivity index (χ0) is 32.3. The number of fused-ring (bicyclic) bond motifs is 8. The third kappa shape index (κ3) is 4.51. The molecule has 0 amide bonds. The molecular weight excluding hydrogens is 599 g/mol. The van der Waals surface area contributed by atoms with Gasteiger partial charge in [0.2, 0.25) is 0 Å². The predicted molar refractivity (Wildman–Crippen MR) is 204 cm³/mol. The summed E-state index contributed by atoms with van der Waals surface area (Å²) in [4.78, 5) is 2.34. The van der Waals surface area contributed by atoms with Crippen molar-refractivity contribution in [2.45, 2.75) is 0 Å². The summed E-state index contributed by atoms with van der Waals surface area (Å²) in [5.41, 5.74) is 11.5. The van der Waals surface area contributed by atoms with E-state index in [0.29, 0.717) is 0 Å². The fourth-order valence-corrected chi connectivity index (χ4v) is 7.36. The Balaban J connectivity index is 1.14. The minimum absolute atomic E-state index is 0.898. The first-order valence-corrected chi connectivity index (χ1v) is 16.6. The Labute approximate surface area is 282 Å². The van der Waals surface area contributed by atoms with Crippen molar-refractivity contribution in [1.82, 2.24) is 0 Å². The Morgan fingerprint density at radius 2 is 0.857 bits per heavy atom. The quantitative estimate of drug-likeness (QED) is 0.190. The van der Waals surface area contributed by atoms with Gasteiger partial charge in [-0.2, -0.15) is 0 Å². The normalized spacial score (nSPS) is 11.7. The standard InChI is InChI=1S/C46H29NO2/c1-2-9-30(10-3-1)31-17-23-34(24-18-31)47(36-27-21-33-22-28-44-46(40(33)29-36)39-12-5-7-15-42(39)49-44)35-25-19-32(20-26-35)37-13-8-16-43-45(37)38-11-4-6-14-41(38)48-43/h1-29H. The van der Waals surface area contributed by atoms with Crippen molar-refractivity contribution in [2.24, 2.45) is 0 Å². The molecule has 0 saturated carbocycles. The van der Waals surface area contributed by atoms with Gasteiger partial charge in [-0.1, -0.05) is 115 Å². The molecule has 0 radical (unpaired) electrons. The van der Waals surface area contributed by atoms with E-state index in [2.05, 4.69) is 150 Å². The summed E-state index contributed by atoms with van der Waals surface area (Å²) in [6.07, 6.45) is 0. The van der Waals surface area contributed by atoms with Crippen molar-refractivity contribution in [2.75, 3.05) is 4.90 Å². The van der Waals surface area contributed by atoms with Crippen LogP contribution in [-0.4, -0.2) is 0 Å². The predicted octanol–water partition coefficient (Wildman–Crippen LogP) is 13.4. The van der Waals surface area contributed by atoms with Crippen LogP contribution in [-0.2, 0) is 0 Å². The maximum Gasteiger partial charge on any atom is 0.136 e. The van der Waals surface area contributed by atoms with Crippen LogP contribution < -0.4 is 4.90 Å². The van der Waals surface area contributed by atoms with Gasteiger partial charge in [-0.3, -0.25) is 0 Å². The van der Waals surface area contributed by atoms with Crippen molar-refractivity contribution in [3.8, 4) is 22.3 Å². The molecule has 49 heavy (non-hydrogen) atoms. The lowest BCUT2D eigenvalue weighted by atomic mass is 9.98. The van der Waals surface area contributed by atoms with E-state index >= 15 is 0 Å². The maximum absolute atomic E-state index is 6.27. The summed E-state index contributed by atoms with van der Waals surface area (Å²) in [7, 11) is 0. The van der Waals surface area contributed by atoms with E-state index in [-0.39, 0.29) is 0 Å². The highest BCUT2D eigenvalue weighted by Gasteiger charge is 2.18. The molecule has 0 aliphatic heterocycles. The molecule has 3 heteroatoms. The minimum Gasteiger partial charge on any atom is -0.456 e. The molecule has 0 aliphatic carbocycles. The molecule has 0 unspecified atom stereocenters. The van der Waals surface area contributed by atoms with Crippen LogP contribution in [0.4, 0.5) is 17.1 Å². The lowest BCUT2D eigenvalue weighted by Crippen LogP contribution is -2.09. The van der Waals surface area contributed by atoms with Gasteiger partial charge < -0.3 is 13.7 Å². The number of hydrogen-bond donors (Lipinski definition) is 0. The first-order valence-electron chi connectivity index (χ1n) is 16.6. The van der Waals surface area contributed by atoms with E-state index in [4.69, 9.17) is 8.83 Å². The average molecular weight is 628 g/mol. The fourth-order valence-electron chi connectivity index (χ4n) is 7.36. The average Bonchev–Trinajstić information content (AvgIpc) is 3.75. The number of rotatable bonds is 5. The van der Waals surface area contributed by atoms with Gasteiger partial charge in [0, 0.05) is 38.6 Å². The van der Waals surface area contributed by atoms with Crippen LogP contribution in [0.1, 0.15) is 0 Å². The first-order chi connectivity index (χ1) is 24.3. The molecule has 3 nitrogen and oxygen atoms in total. The van der Waals surface area contributed by atoms with Crippen molar-refractivity contribution in [3.63, 3.8) is 0 Å². The van der Waals surface area contributed by atoms with Crippen LogP contribution >= 0.6 is 0 Å². The van der Waals surface area contributed by atoms with Crippen LogP contribution in [0, 0.1) is 0 Å². The van der Waals surface area contributed by atoms with Crippen LogP contribution in [0.25, 0.3) is 76.9 Å². The molecule has 0 N–H and O–H groups in total. The Morgan fingerprint density at radius 3 is 1.57 bits per heavy atom. The Bertz CT molecular complexity index is 2810. The molecule has 10 aromatic rings. The topological polar surface area (TPSA) is 29.5 Å². The SMILES string of the molecule is c1ccc(-c2ccc(N(c3ccc(-c4cccc5oc6ccccc6c45)cc3)c3ccc4ccc5oc6ccccc6c5c4c3)cc2)cc1. The Morgan fingerprint density at radius 1 is 0.327 bits per heavy atom. The van der Waals surface area contributed by atoms with Gasteiger partial charge in [0.25, 0.3) is 0 Å².